The molecule has 130 valence electrons. The van der Waals surface area contributed by atoms with Crippen LogP contribution in [0.4, 0.5) is 4.39 Å². The maximum absolute atomic E-state index is 12.9. The van der Waals surface area contributed by atoms with E-state index in [1.165, 1.54) is 12.1 Å². The highest BCUT2D eigenvalue weighted by Gasteiger charge is 2.24. The first-order valence-electron chi connectivity index (χ1n) is 8.38. The molecule has 1 aromatic heterocycles. The van der Waals surface area contributed by atoms with Gasteiger partial charge < -0.3 is 14.6 Å². The minimum Gasteiger partial charge on any atom is -0.490 e. The van der Waals surface area contributed by atoms with Crippen molar-refractivity contribution in [1.29, 1.82) is 0 Å². The van der Waals surface area contributed by atoms with Gasteiger partial charge in [0.2, 0.25) is 5.78 Å². The summed E-state index contributed by atoms with van der Waals surface area (Å²) in [5.74, 6) is -0.0159. The molecule has 0 amide bonds. The first-order valence-corrected chi connectivity index (χ1v) is 8.38. The van der Waals surface area contributed by atoms with E-state index in [2.05, 4.69) is 4.98 Å². The standard InChI is InChI=1S/C18H20BFN2O3/c1-19(24)22-10-8-16(9-11-22)25-15-5-2-13(3-6-15)18(23)17-7-4-14(20)12-21-17/h2-7,12,16,24H,8-11H2,1H3. The molecule has 5 nitrogen and oxygen atoms in total. The Morgan fingerprint density at radius 3 is 2.48 bits per heavy atom. The number of ketones is 1. The molecular weight excluding hydrogens is 322 g/mol. The lowest BCUT2D eigenvalue weighted by atomic mass is 9.82. The molecule has 3 rings (SSSR count). The van der Waals surface area contributed by atoms with Crippen LogP contribution in [0.3, 0.4) is 0 Å². The van der Waals surface area contributed by atoms with Gasteiger partial charge in [-0.1, -0.05) is 0 Å². The number of aromatic nitrogens is 1. The molecule has 0 bridgehead atoms. The van der Waals surface area contributed by atoms with Gasteiger partial charge in [0.25, 0.3) is 0 Å². The minimum absolute atomic E-state index is 0.107. The lowest BCUT2D eigenvalue weighted by molar-refractivity contribution is 0.103. The molecule has 0 spiro atoms. The fourth-order valence-electron chi connectivity index (χ4n) is 2.90. The van der Waals surface area contributed by atoms with E-state index >= 15 is 0 Å². The quantitative estimate of drug-likeness (QED) is 0.668. The highest BCUT2D eigenvalue weighted by atomic mass is 19.1. The molecule has 0 radical (unpaired) electrons. The number of pyridine rings is 1. The average Bonchev–Trinajstić information content (AvgIpc) is 2.63. The third kappa shape index (κ3) is 4.43. The van der Waals surface area contributed by atoms with Gasteiger partial charge in [-0.05, 0) is 69.2 Å². The Morgan fingerprint density at radius 2 is 1.92 bits per heavy atom. The van der Waals surface area contributed by atoms with Crippen LogP contribution < -0.4 is 4.74 Å². The van der Waals surface area contributed by atoms with Crippen LogP contribution in [0.25, 0.3) is 0 Å². The number of rotatable bonds is 5. The van der Waals surface area contributed by atoms with Crippen molar-refractivity contribution in [2.24, 2.45) is 0 Å². The number of halogens is 1. The zero-order valence-electron chi connectivity index (χ0n) is 14.1. The van der Waals surface area contributed by atoms with Crippen molar-refractivity contribution in [1.82, 2.24) is 9.79 Å². The zero-order chi connectivity index (χ0) is 17.8. The predicted molar refractivity (Wildman–Crippen MR) is 93.1 cm³/mol. The van der Waals surface area contributed by atoms with Crippen LogP contribution >= 0.6 is 0 Å². The summed E-state index contributed by atoms with van der Waals surface area (Å²) in [5, 5.41) is 9.57. The van der Waals surface area contributed by atoms with Gasteiger partial charge in [0.1, 0.15) is 23.4 Å². The van der Waals surface area contributed by atoms with Gasteiger partial charge in [-0.2, -0.15) is 0 Å². The molecule has 2 aromatic rings. The summed E-state index contributed by atoms with van der Waals surface area (Å²) in [7, 11) is -0.425. The number of hydrogen-bond acceptors (Lipinski definition) is 5. The first kappa shape index (κ1) is 17.6. The Morgan fingerprint density at radius 1 is 1.24 bits per heavy atom. The predicted octanol–water partition coefficient (Wildman–Crippen LogP) is 2.41. The molecule has 1 aliphatic heterocycles. The van der Waals surface area contributed by atoms with Gasteiger partial charge in [-0.15, -0.1) is 0 Å². The maximum Gasteiger partial charge on any atom is 0.376 e. The lowest BCUT2D eigenvalue weighted by Crippen LogP contribution is -2.45. The molecule has 1 saturated heterocycles. The lowest BCUT2D eigenvalue weighted by Gasteiger charge is -2.32. The van der Waals surface area contributed by atoms with Crippen molar-refractivity contribution in [2.75, 3.05) is 13.1 Å². The summed E-state index contributed by atoms with van der Waals surface area (Å²) in [5.41, 5.74) is 0.691. The molecule has 7 heteroatoms. The van der Waals surface area contributed by atoms with Crippen LogP contribution in [0.15, 0.2) is 42.6 Å². The summed E-state index contributed by atoms with van der Waals surface area (Å²) in [6.45, 7) is 3.37. The van der Waals surface area contributed by atoms with Crippen molar-refractivity contribution in [3.05, 3.63) is 59.7 Å². The fraction of sp³-hybridized carbons (Fsp3) is 0.333. The number of benzene rings is 1. The fourth-order valence-corrected chi connectivity index (χ4v) is 2.90. The van der Waals surface area contributed by atoms with E-state index in [1.54, 1.807) is 31.1 Å². The Hall–Kier alpha value is -2.25. The summed E-state index contributed by atoms with van der Waals surface area (Å²) >= 11 is 0. The third-order valence-corrected chi connectivity index (χ3v) is 4.38. The number of ether oxygens (including phenoxy) is 1. The second kappa shape index (κ2) is 7.76. The molecule has 1 N–H and O–H groups in total. The highest BCUT2D eigenvalue weighted by molar-refractivity contribution is 6.45. The Bertz CT molecular complexity index is 714. The molecule has 25 heavy (non-hydrogen) atoms. The van der Waals surface area contributed by atoms with Gasteiger partial charge in [0.15, 0.2) is 0 Å². The molecule has 1 aliphatic rings. The van der Waals surface area contributed by atoms with Crippen molar-refractivity contribution in [3.8, 4) is 5.75 Å². The van der Waals surface area contributed by atoms with Crippen molar-refractivity contribution >= 4 is 12.8 Å². The Labute approximate surface area is 146 Å². The summed E-state index contributed by atoms with van der Waals surface area (Å²) < 4.78 is 18.8. The van der Waals surface area contributed by atoms with Gasteiger partial charge in [-0.25, -0.2) is 9.37 Å². The van der Waals surface area contributed by atoms with Gasteiger partial charge in [0, 0.05) is 5.56 Å². The van der Waals surface area contributed by atoms with Crippen LogP contribution in [0, 0.1) is 5.82 Å². The van der Waals surface area contributed by atoms with Crippen LogP contribution in [-0.4, -0.2) is 46.8 Å². The number of nitrogens with zero attached hydrogens (tertiary/aromatic N) is 2. The number of carbonyl (C=O) groups excluding carboxylic acids is 1. The van der Waals surface area contributed by atoms with Crippen molar-refractivity contribution in [3.63, 3.8) is 0 Å². The van der Waals surface area contributed by atoms with E-state index in [-0.39, 0.29) is 17.6 Å². The largest absolute Gasteiger partial charge is 0.490 e. The summed E-state index contributed by atoms with van der Waals surface area (Å²) in [6.07, 6.45) is 2.84. The van der Waals surface area contributed by atoms with Crippen LogP contribution in [0.1, 0.15) is 28.9 Å². The number of carbonyl (C=O) groups is 1. The van der Waals surface area contributed by atoms with E-state index in [4.69, 9.17) is 4.74 Å². The summed E-state index contributed by atoms with van der Waals surface area (Å²) in [4.78, 5) is 18.1. The molecule has 0 unspecified atom stereocenters. The normalized spacial score (nSPS) is 15.8. The van der Waals surface area contributed by atoms with E-state index in [9.17, 15) is 14.2 Å². The van der Waals surface area contributed by atoms with E-state index in [1.807, 2.05) is 4.81 Å². The monoisotopic (exact) mass is 342 g/mol. The van der Waals surface area contributed by atoms with E-state index in [0.29, 0.717) is 11.3 Å². The average molecular weight is 342 g/mol. The van der Waals surface area contributed by atoms with Crippen LogP contribution in [0.2, 0.25) is 6.82 Å². The van der Waals surface area contributed by atoms with Crippen molar-refractivity contribution in [2.45, 2.75) is 25.8 Å². The molecule has 2 heterocycles. The molecule has 1 aromatic carbocycles. The van der Waals surface area contributed by atoms with Gasteiger partial charge in [-0.3, -0.25) is 4.79 Å². The third-order valence-electron chi connectivity index (χ3n) is 4.38. The second-order valence-electron chi connectivity index (χ2n) is 6.20. The molecule has 0 saturated carbocycles. The van der Waals surface area contributed by atoms with Gasteiger partial charge in [0.05, 0.1) is 6.20 Å². The molecule has 1 fully saturated rings. The van der Waals surface area contributed by atoms with Crippen LogP contribution in [-0.2, 0) is 0 Å². The summed E-state index contributed by atoms with van der Waals surface area (Å²) in [6, 6.07) is 9.49. The maximum atomic E-state index is 12.9. The Kier molecular flexibility index (Phi) is 5.45. The number of hydrogen-bond donors (Lipinski definition) is 1. The highest BCUT2D eigenvalue weighted by Crippen LogP contribution is 2.20. The molecular formula is C18H20BFN2O3. The first-order chi connectivity index (χ1) is 12.0. The molecule has 0 atom stereocenters. The zero-order valence-corrected chi connectivity index (χ0v) is 14.1. The minimum atomic E-state index is -0.470. The number of piperidine rings is 1. The second-order valence-corrected chi connectivity index (χ2v) is 6.20. The molecule has 0 aliphatic carbocycles. The topological polar surface area (TPSA) is 62.7 Å². The van der Waals surface area contributed by atoms with Gasteiger partial charge >= 0.3 is 7.05 Å². The van der Waals surface area contributed by atoms with E-state index < -0.39 is 12.9 Å². The van der Waals surface area contributed by atoms with E-state index in [0.717, 1.165) is 32.1 Å². The van der Waals surface area contributed by atoms with Crippen LogP contribution in [0.5, 0.6) is 5.75 Å². The smallest absolute Gasteiger partial charge is 0.376 e. The SMILES string of the molecule is CB(O)N1CCC(Oc2ccc(C(=O)c3ccc(F)cn3)cc2)CC1. The Balaban J connectivity index is 1.59. The van der Waals surface area contributed by atoms with Crippen molar-refractivity contribution < 1.29 is 18.9 Å².